The van der Waals surface area contributed by atoms with Crippen molar-refractivity contribution in [3.8, 4) is 11.6 Å². The van der Waals surface area contributed by atoms with Crippen molar-refractivity contribution >= 4 is 29.2 Å². The molecule has 10 heteroatoms. The Hall–Kier alpha value is -3.60. The van der Waals surface area contributed by atoms with Crippen LogP contribution in [0.1, 0.15) is 108 Å². The number of hydrogen-bond donors (Lipinski definition) is 1. The number of esters is 2. The molecule has 2 aliphatic rings. The largest absolute Gasteiger partial charge is 0.475 e. The number of aliphatic hydroxyl groups is 1. The summed E-state index contributed by atoms with van der Waals surface area (Å²) >= 11 is 1.17. The molecule has 9 nitrogen and oxygen atoms in total. The van der Waals surface area contributed by atoms with Gasteiger partial charge < -0.3 is 19.3 Å². The smallest absolute Gasteiger partial charge is 0.315 e. The zero-order chi connectivity index (χ0) is 35.5. The van der Waals surface area contributed by atoms with E-state index in [-0.39, 0.29) is 24.3 Å². The second kappa shape index (κ2) is 21.5. The van der Waals surface area contributed by atoms with Crippen LogP contribution < -0.4 is 9.47 Å². The van der Waals surface area contributed by atoms with E-state index in [1.165, 1.54) is 24.6 Å². The number of aromatic nitrogens is 2. The minimum Gasteiger partial charge on any atom is -0.475 e. The van der Waals surface area contributed by atoms with Crippen LogP contribution in [0.2, 0.25) is 0 Å². The highest BCUT2D eigenvalue weighted by molar-refractivity contribution is 6.99. The highest BCUT2D eigenvalue weighted by Crippen LogP contribution is 2.37. The Balaban J connectivity index is 0.00000157. The van der Waals surface area contributed by atoms with Crippen molar-refractivity contribution in [3.63, 3.8) is 0 Å². The van der Waals surface area contributed by atoms with Gasteiger partial charge in [0.15, 0.2) is 0 Å². The van der Waals surface area contributed by atoms with Crippen molar-refractivity contribution in [2.45, 2.75) is 97.6 Å². The lowest BCUT2D eigenvalue weighted by Gasteiger charge is -2.42. The van der Waals surface area contributed by atoms with Gasteiger partial charge in [-0.1, -0.05) is 102 Å². The Labute approximate surface area is 297 Å². The second-order valence-corrected chi connectivity index (χ2v) is 13.0. The average molecular weight is 695 g/mol. The highest BCUT2D eigenvalue weighted by atomic mass is 32.1. The molecule has 2 unspecified atom stereocenters. The van der Waals surface area contributed by atoms with Gasteiger partial charge in [0.1, 0.15) is 18.0 Å². The molecule has 0 saturated heterocycles. The molecule has 1 N–H and O–H groups in total. The molecule has 0 amide bonds. The number of hydrogen-bond acceptors (Lipinski definition) is 9. The first kappa shape index (κ1) is 39.8. The number of ether oxygens (including phenoxy) is 3. The summed E-state index contributed by atoms with van der Waals surface area (Å²) < 4.78 is 27.8. The minimum atomic E-state index is -0.538. The molecule has 2 aromatic carbocycles. The van der Waals surface area contributed by atoms with Gasteiger partial charge in [-0.25, -0.2) is 0 Å². The molecule has 0 radical (unpaired) electrons. The van der Waals surface area contributed by atoms with E-state index in [0.717, 1.165) is 81.9 Å². The van der Waals surface area contributed by atoms with Gasteiger partial charge in [-0.15, -0.1) is 4.37 Å². The number of nitrogens with zero attached hydrogens (tertiary/aromatic N) is 3. The summed E-state index contributed by atoms with van der Waals surface area (Å²) in [5, 5.41) is 7.00. The van der Waals surface area contributed by atoms with E-state index in [4.69, 9.17) is 19.3 Å². The topological polar surface area (TPSA) is 108 Å². The highest BCUT2D eigenvalue weighted by Gasteiger charge is 2.40. The first-order chi connectivity index (χ1) is 24.0. The number of unbranched alkanes of at least 4 members (excludes halogenated alkanes) is 3. The zero-order valence-corrected chi connectivity index (χ0v) is 30.9. The molecule has 49 heavy (non-hydrogen) atoms. The molecular weight excluding hydrogens is 639 g/mol. The molecule has 1 aliphatic carbocycles. The number of carbonyl (C=O) groups is 2. The van der Waals surface area contributed by atoms with Gasteiger partial charge >= 0.3 is 11.9 Å². The van der Waals surface area contributed by atoms with Gasteiger partial charge in [0.05, 0.1) is 49.8 Å². The third-order valence-corrected chi connectivity index (χ3v) is 9.42. The van der Waals surface area contributed by atoms with Crippen LogP contribution in [0, 0.1) is 5.92 Å². The molecule has 1 aliphatic heterocycles. The number of para-hydroxylation sites is 1. The van der Waals surface area contributed by atoms with E-state index in [1.807, 2.05) is 62.4 Å². The van der Waals surface area contributed by atoms with E-state index in [1.54, 1.807) is 6.07 Å². The first-order valence-corrected chi connectivity index (χ1v) is 18.7. The minimum absolute atomic E-state index is 0.00613. The van der Waals surface area contributed by atoms with Gasteiger partial charge in [0.25, 0.3) is 12.1 Å². The predicted octanol–water partition coefficient (Wildman–Crippen LogP) is 8.34. The van der Waals surface area contributed by atoms with Crippen LogP contribution in [0.15, 0.2) is 60.7 Å². The molecule has 2 heterocycles. The third kappa shape index (κ3) is 11.8. The SMILES string of the molecule is CC.CCCCCCOc1nsnc1C1=CCC[N+](C)(C(OC(=O)Cc2ccccc2OC(=O)C2CCCCC2)c2ccccc2)C1.CO. The van der Waals surface area contributed by atoms with Crippen molar-refractivity contribution in [3.05, 3.63) is 77.5 Å². The fraction of sp³-hybridized carbons (Fsp3) is 0.538. The lowest BCUT2D eigenvalue weighted by Crippen LogP contribution is -2.51. The van der Waals surface area contributed by atoms with Crippen LogP contribution >= 0.6 is 11.7 Å². The van der Waals surface area contributed by atoms with Crippen LogP contribution in [0.4, 0.5) is 0 Å². The van der Waals surface area contributed by atoms with Gasteiger partial charge in [-0.2, -0.15) is 4.37 Å². The maximum Gasteiger partial charge on any atom is 0.315 e. The van der Waals surface area contributed by atoms with Crippen molar-refractivity contribution < 1.29 is 33.4 Å². The maximum absolute atomic E-state index is 13.7. The van der Waals surface area contributed by atoms with E-state index in [2.05, 4.69) is 28.8 Å². The van der Waals surface area contributed by atoms with Gasteiger partial charge in [-0.3, -0.25) is 14.1 Å². The Morgan fingerprint density at radius 2 is 1.67 bits per heavy atom. The van der Waals surface area contributed by atoms with Crippen molar-refractivity contribution in [1.29, 1.82) is 0 Å². The molecule has 2 atom stereocenters. The summed E-state index contributed by atoms with van der Waals surface area (Å²) in [6.45, 7) is 8.22. The first-order valence-electron chi connectivity index (χ1n) is 17.9. The summed E-state index contributed by atoms with van der Waals surface area (Å²) in [5.41, 5.74) is 3.41. The monoisotopic (exact) mass is 694 g/mol. The molecule has 0 bridgehead atoms. The number of benzene rings is 2. The molecule has 1 fully saturated rings. The molecule has 3 aromatic rings. The Kier molecular flexibility index (Phi) is 17.5. The molecule has 5 rings (SSSR count). The van der Waals surface area contributed by atoms with Crippen LogP contribution in [0.25, 0.3) is 5.57 Å². The van der Waals surface area contributed by atoms with Crippen LogP contribution in [-0.4, -0.2) is 64.1 Å². The van der Waals surface area contributed by atoms with Gasteiger partial charge in [-0.05, 0) is 37.5 Å². The second-order valence-electron chi connectivity index (χ2n) is 12.5. The number of carbonyl (C=O) groups excluding carboxylic acids is 2. The lowest BCUT2D eigenvalue weighted by molar-refractivity contribution is -0.953. The van der Waals surface area contributed by atoms with Crippen LogP contribution in [-0.2, 0) is 20.7 Å². The summed E-state index contributed by atoms with van der Waals surface area (Å²) in [7, 11) is 3.13. The third-order valence-electron chi connectivity index (χ3n) is 8.91. The van der Waals surface area contributed by atoms with Gasteiger partial charge in [0, 0.05) is 24.7 Å². The van der Waals surface area contributed by atoms with Crippen molar-refractivity contribution in [2.24, 2.45) is 5.92 Å². The van der Waals surface area contributed by atoms with Gasteiger partial charge in [0.2, 0.25) is 0 Å². The van der Waals surface area contributed by atoms with E-state index < -0.39 is 6.23 Å². The summed E-state index contributed by atoms with van der Waals surface area (Å²) in [6.07, 6.45) is 12.0. The Morgan fingerprint density at radius 1 is 0.959 bits per heavy atom. The van der Waals surface area contributed by atoms with Crippen LogP contribution in [0.3, 0.4) is 0 Å². The van der Waals surface area contributed by atoms with Crippen molar-refractivity contribution in [1.82, 2.24) is 8.75 Å². The van der Waals surface area contributed by atoms with Crippen molar-refractivity contribution in [2.75, 3.05) is 33.9 Å². The molecule has 1 aromatic heterocycles. The average Bonchev–Trinajstić information content (AvgIpc) is 3.62. The lowest BCUT2D eigenvalue weighted by atomic mass is 9.89. The molecular formula is C39H56N3O6S+. The normalized spacial score (nSPS) is 18.0. The quantitative estimate of drug-likeness (QED) is 0.0777. The predicted molar refractivity (Wildman–Crippen MR) is 195 cm³/mol. The van der Waals surface area contributed by atoms with Crippen LogP contribution in [0.5, 0.6) is 11.6 Å². The summed E-state index contributed by atoms with van der Waals surface area (Å²) in [6, 6.07) is 17.2. The summed E-state index contributed by atoms with van der Waals surface area (Å²) in [4.78, 5) is 26.6. The fourth-order valence-corrected chi connectivity index (χ4v) is 6.91. The molecule has 1 saturated carbocycles. The standard InChI is InChI=1S/C36H46N3O5S.C2H6.CH4O/c1-3-4-5-14-24-42-34-33(37-45-38-34)30-21-15-23-39(2,26-30)35(27-16-8-6-9-17-27)44-32(40)25-29-20-12-13-22-31(29)43-36(41)28-18-10-7-11-19-28;2*1-2/h6,8-9,12-13,16-17,20-22,28,35H,3-5,7,10-11,14-15,18-19,23-26H2,1-2H3;1-2H3;2H,1H3/q+1;;. The fourth-order valence-electron chi connectivity index (χ4n) is 6.38. The number of likely N-dealkylation sites (N-methyl/N-ethyl adjacent to an activating group) is 1. The molecule has 0 spiro atoms. The summed E-state index contributed by atoms with van der Waals surface area (Å²) in [5.74, 6) is 0.370. The van der Waals surface area contributed by atoms with E-state index in [0.29, 0.717) is 34.8 Å². The Morgan fingerprint density at radius 3 is 2.41 bits per heavy atom. The zero-order valence-electron chi connectivity index (χ0n) is 30.1. The number of rotatable bonds is 14. The van der Waals surface area contributed by atoms with E-state index >= 15 is 0 Å². The number of aliphatic hydroxyl groups excluding tert-OH is 1. The van der Waals surface area contributed by atoms with E-state index in [9.17, 15) is 9.59 Å². The Bertz CT molecular complexity index is 1440. The maximum atomic E-state index is 13.7. The number of quaternary nitrogens is 1. The molecule has 268 valence electrons.